The maximum atomic E-state index is 14.1. The van der Waals surface area contributed by atoms with Crippen LogP contribution in [0.25, 0.3) is 42.7 Å². The number of hydrogen-bond donors (Lipinski definition) is 8. The van der Waals surface area contributed by atoms with Gasteiger partial charge in [0.15, 0.2) is 57.0 Å². The van der Waals surface area contributed by atoms with E-state index in [1.54, 1.807) is 52.1 Å². The summed E-state index contributed by atoms with van der Waals surface area (Å²) in [6.45, 7) is 38.6. The molecule has 12 aromatic rings. The van der Waals surface area contributed by atoms with Crippen molar-refractivity contribution in [3.8, 4) is 35.0 Å². The van der Waals surface area contributed by atoms with Gasteiger partial charge in [-0.05, 0) is 165 Å². The molecule has 8 aromatic heterocycles. The van der Waals surface area contributed by atoms with Crippen LogP contribution in [0, 0.1) is 59.8 Å². The summed E-state index contributed by atoms with van der Waals surface area (Å²) in [5, 5.41) is 36.0. The molecular weight excluding hydrogens is 2030 g/mol. The van der Waals surface area contributed by atoms with E-state index in [-0.39, 0.29) is 130 Å². The van der Waals surface area contributed by atoms with Crippen LogP contribution < -0.4 is 52.0 Å². The van der Waals surface area contributed by atoms with Gasteiger partial charge in [0.25, 0.3) is 47.3 Å². The third kappa shape index (κ3) is 26.8. The topological polar surface area (TPSA) is 410 Å². The molecule has 0 spiro atoms. The molecular formula is C86H64BrCl4F13N24O12. The second-order valence-electron chi connectivity index (χ2n) is 28.9. The molecule has 8 heterocycles. The first kappa shape index (κ1) is 106. The minimum atomic E-state index is -5.75. The SMILES string of the molecule is [C-]#[N+]c1cc(C)c(NC(=O)c2cc(Br)nn2-c2ncccc2Cl)c(C(=O)NC2CC2)c1.[C-]#[N+]c1cc(C)c(NC(=O)c2cc(Cl)nn2-c2ncccc2F)c(C(=O)NC)c1.[C-]#[N+]c1cc(C)c(NC(=O)c2cc(OC(F)(F)C(F)OC(F)(F)F)nn2-c2ncccc2Cl)c(C(=O)NC(C)C)c1.[C-]#[N+]c1cc(C)c(NC(=O)c2cc(OC(F)(F)C(F)OC(F)(F)F)nn2-c2ncccc2Cl)c(C(=O)NC)c1. The molecule has 1 saturated carbocycles. The van der Waals surface area contributed by atoms with E-state index in [0.29, 0.717) is 59.4 Å². The van der Waals surface area contributed by atoms with Gasteiger partial charge in [-0.15, -0.1) is 36.5 Å². The highest BCUT2D eigenvalue weighted by atomic mass is 79.9. The van der Waals surface area contributed by atoms with Crippen LogP contribution in [-0.2, 0) is 9.47 Å². The minimum absolute atomic E-state index is 0.0354. The van der Waals surface area contributed by atoms with Crippen LogP contribution in [0.15, 0.2) is 151 Å². The number of nitrogens with zero attached hydrogens (tertiary/aromatic N) is 16. The number of amides is 8. The Morgan fingerprint density at radius 1 is 0.429 bits per heavy atom. The number of aromatic nitrogens is 12. The summed E-state index contributed by atoms with van der Waals surface area (Å²) in [7, 11) is 2.74. The quantitative estimate of drug-likeness (QED) is 0.0184. The lowest BCUT2D eigenvalue weighted by atomic mass is 10.0. The molecule has 0 bridgehead atoms. The summed E-state index contributed by atoms with van der Waals surface area (Å²) in [6, 6.07) is 26.2. The largest absolute Gasteiger partial charge is 0.525 e. The average molecular weight is 2090 g/mol. The van der Waals surface area contributed by atoms with Crippen LogP contribution in [0.5, 0.6) is 11.8 Å². The molecule has 8 amide bonds. The Kier molecular flexibility index (Phi) is 34.2. The summed E-state index contributed by atoms with van der Waals surface area (Å²) >= 11 is 27.6. The number of aryl methyl sites for hydroxylation is 4. The van der Waals surface area contributed by atoms with E-state index in [0.717, 1.165) is 17.5 Å². The molecule has 0 saturated heterocycles. The zero-order chi connectivity index (χ0) is 103. The van der Waals surface area contributed by atoms with E-state index in [1.165, 1.54) is 142 Å². The molecule has 1 fully saturated rings. The van der Waals surface area contributed by atoms with Gasteiger partial charge in [0.05, 0.1) is 86.4 Å². The summed E-state index contributed by atoms with van der Waals surface area (Å²) in [5.74, 6) is -9.09. The zero-order valence-electron chi connectivity index (χ0n) is 72.4. The first-order valence-electron chi connectivity index (χ1n) is 39.4. The number of pyridine rings is 4. The maximum Gasteiger partial charge on any atom is 0.525 e. The lowest BCUT2D eigenvalue weighted by Gasteiger charge is -2.20. The van der Waals surface area contributed by atoms with Crippen molar-refractivity contribution in [2.75, 3.05) is 35.4 Å². The number of carbonyl (C=O) groups is 8. The van der Waals surface area contributed by atoms with Crippen molar-refractivity contribution < 1.29 is 114 Å². The Hall–Kier alpha value is -15.7. The van der Waals surface area contributed by atoms with E-state index in [1.807, 2.05) is 0 Å². The van der Waals surface area contributed by atoms with Crippen LogP contribution >= 0.6 is 62.3 Å². The van der Waals surface area contributed by atoms with Gasteiger partial charge in [0, 0.05) is 75.2 Å². The van der Waals surface area contributed by atoms with E-state index >= 15 is 0 Å². The van der Waals surface area contributed by atoms with Gasteiger partial charge < -0.3 is 52.0 Å². The minimum Gasteiger partial charge on any atom is -0.409 e. The molecule has 8 N–H and O–H groups in total. The summed E-state index contributed by atoms with van der Waals surface area (Å²) in [5.41, 5.74) is 1.84. The Bertz CT molecular complexity index is 7010. The molecule has 1 aliphatic rings. The smallest absolute Gasteiger partial charge is 0.409 e. The molecule has 13 rings (SSSR count). The van der Waals surface area contributed by atoms with Gasteiger partial charge in [-0.3, -0.25) is 38.4 Å². The highest BCUT2D eigenvalue weighted by Crippen LogP contribution is 2.40. The third-order valence-electron chi connectivity index (χ3n) is 18.4. The fourth-order valence-corrected chi connectivity index (χ4v) is 13.4. The number of halogens is 18. The van der Waals surface area contributed by atoms with Gasteiger partial charge in [-0.2, -0.15) is 27.8 Å². The first-order chi connectivity index (χ1) is 65.9. The van der Waals surface area contributed by atoms with Crippen LogP contribution in [0.3, 0.4) is 0 Å². The number of ether oxygens (including phenoxy) is 4. The predicted octanol–water partition coefficient (Wildman–Crippen LogP) is 19.4. The summed E-state index contributed by atoms with van der Waals surface area (Å²) < 4.78 is 188. The highest BCUT2D eigenvalue weighted by molar-refractivity contribution is 9.10. The van der Waals surface area contributed by atoms with Crippen LogP contribution in [0.4, 0.5) is 103 Å². The zero-order valence-corrected chi connectivity index (χ0v) is 77.0. The van der Waals surface area contributed by atoms with E-state index in [2.05, 4.69) is 137 Å². The molecule has 140 heavy (non-hydrogen) atoms. The Balaban J connectivity index is 0.000000194. The van der Waals surface area contributed by atoms with Crippen LogP contribution in [0.1, 0.15) is 132 Å². The van der Waals surface area contributed by atoms with E-state index in [4.69, 9.17) is 72.7 Å². The summed E-state index contributed by atoms with van der Waals surface area (Å²) in [6.07, 6.45) is -23.3. The van der Waals surface area contributed by atoms with Crippen molar-refractivity contribution >= 4 is 155 Å². The Labute approximate surface area is 809 Å². The Morgan fingerprint density at radius 2 is 0.736 bits per heavy atom. The average Bonchev–Trinajstić information content (AvgIpc) is 1.61. The van der Waals surface area contributed by atoms with E-state index < -0.39 is 108 Å². The molecule has 1 aliphatic carbocycles. The fraction of sp³-hybridized carbons (Fsp3) is 0.209. The van der Waals surface area contributed by atoms with Crippen molar-refractivity contribution in [3.05, 3.63) is 290 Å². The fourth-order valence-electron chi connectivity index (χ4n) is 12.2. The molecule has 4 aromatic carbocycles. The van der Waals surface area contributed by atoms with E-state index in [9.17, 15) is 95.4 Å². The van der Waals surface area contributed by atoms with Crippen molar-refractivity contribution in [2.45, 2.75) is 104 Å². The van der Waals surface area contributed by atoms with Gasteiger partial charge in [0.1, 0.15) is 27.4 Å². The lowest BCUT2D eigenvalue weighted by Crippen LogP contribution is -2.41. The number of hydrogen-bond acceptors (Lipinski definition) is 20. The maximum absolute atomic E-state index is 14.1. The highest BCUT2D eigenvalue weighted by Gasteiger charge is 2.53. The molecule has 54 heteroatoms. The predicted molar refractivity (Wildman–Crippen MR) is 480 cm³/mol. The molecule has 36 nitrogen and oxygen atoms in total. The van der Waals surface area contributed by atoms with Gasteiger partial charge in [0.2, 0.25) is 11.8 Å². The van der Waals surface area contributed by atoms with Crippen molar-refractivity contribution in [1.82, 2.24) is 80.3 Å². The molecule has 2 unspecified atom stereocenters. The number of anilines is 4. The van der Waals surface area contributed by atoms with Gasteiger partial charge >= 0.3 is 37.7 Å². The van der Waals surface area contributed by atoms with Gasteiger partial charge in [-0.25, -0.2) is 80.7 Å². The normalized spacial score (nSPS) is 12.1. The number of nitrogens with one attached hydrogen (secondary N) is 8. The molecule has 0 radical (unpaired) electrons. The van der Waals surface area contributed by atoms with Crippen LogP contribution in [-0.4, -0.2) is 170 Å². The number of alkyl halides is 12. The Morgan fingerprint density at radius 3 is 1.05 bits per heavy atom. The second kappa shape index (κ2) is 45.1. The lowest BCUT2D eigenvalue weighted by molar-refractivity contribution is -0.411. The van der Waals surface area contributed by atoms with Crippen molar-refractivity contribution in [1.29, 1.82) is 0 Å². The standard InChI is InChI=1S/C24H19ClF6N6O4.C22H15ClF6N6O4.C21H16BrClN6O2.C19H14ClFN6O2/c1-11(2)34-20(38)14-9-13(32-4)8-12(3)18(14)35-21(39)16-10-17(36-37(16)19-15(25)6-5-7-33-19)40-23(27,28)22(26)41-24(29,30)31;1-10-7-11(30-2)8-12(18(36)31-3)16(10)33-19(37)14-9-15(34-35(14)17-13(23)5-4-6-32-17)38-21(25,26)20(24)39-22(27,28)29;1-11-8-13(24-2)9-14(20(30)26-12-5-6-12)18(11)27-21(31)16-10-17(22)28-29(16)19-15(23)4-3-7-25-19;1-10-7-11(22-2)8-12(18(28)23-3)16(10)25-19(29)14-9-15(20)26-27(14)17-13(21)5-4-6-24-17/h5-11,22H,1-3H3,(H,34,38)(H,35,39);4-9,20H,1,3H3,(H,31,36)(H,33,37);3-4,7-10,12H,5-6H2,1H3,(H,26,30)(H,27,31);4-9H,1,3H3,(H,23,28)(H,25,29). The monoisotopic (exact) mass is 2090 g/mol. The van der Waals surface area contributed by atoms with Crippen LogP contribution in [0.2, 0.25) is 20.2 Å². The third-order valence-corrected chi connectivity index (χ3v) is 19.9. The molecule has 0 aliphatic heterocycles. The number of rotatable bonds is 26. The second-order valence-corrected chi connectivity index (χ2v) is 31.4. The summed E-state index contributed by atoms with van der Waals surface area (Å²) in [4.78, 5) is 132. The van der Waals surface area contributed by atoms with Crippen molar-refractivity contribution in [3.63, 3.8) is 0 Å². The van der Waals surface area contributed by atoms with Gasteiger partial charge in [-0.1, -0.05) is 70.7 Å². The molecule has 2 atom stereocenters. The molecule has 726 valence electrons. The van der Waals surface area contributed by atoms with Crippen molar-refractivity contribution in [2.24, 2.45) is 0 Å². The first-order valence-corrected chi connectivity index (χ1v) is 41.7. The number of benzene rings is 4. The number of carbonyl (C=O) groups excluding carboxylic acids is 8.